The van der Waals surface area contributed by atoms with E-state index in [2.05, 4.69) is 0 Å². The number of aromatic hydroxyl groups is 1. The maximum atomic E-state index is 11.8. The minimum absolute atomic E-state index is 0.0560. The van der Waals surface area contributed by atoms with Crippen molar-refractivity contribution in [2.45, 2.75) is 26.3 Å². The predicted octanol–water partition coefficient (Wildman–Crippen LogP) is 1.93. The summed E-state index contributed by atoms with van der Waals surface area (Å²) in [6.45, 7) is 2.94. The summed E-state index contributed by atoms with van der Waals surface area (Å²) in [6.07, 6.45) is 0. The van der Waals surface area contributed by atoms with Gasteiger partial charge >= 0.3 is 5.97 Å². The lowest BCUT2D eigenvalue weighted by molar-refractivity contribution is -0.148. The smallest absolute Gasteiger partial charge is 0.380 e. The quantitative estimate of drug-likeness (QED) is 0.506. The van der Waals surface area contributed by atoms with Crippen LogP contribution < -0.4 is 4.74 Å². The Labute approximate surface area is 107 Å². The molecule has 5 nitrogen and oxygen atoms in total. The molecule has 0 aliphatic carbocycles. The van der Waals surface area contributed by atoms with Crippen LogP contribution in [-0.2, 0) is 9.53 Å². The molecule has 0 amide bonds. The molecule has 18 heavy (non-hydrogen) atoms. The van der Waals surface area contributed by atoms with E-state index in [1.807, 2.05) is 0 Å². The number of esters is 1. The number of phenolic OH excluding ortho intramolecular Hbond substituents is 1. The van der Waals surface area contributed by atoms with Crippen molar-refractivity contribution < 1.29 is 25.5 Å². The number of hydrogen-bond donors (Lipinski definition) is 1. The van der Waals surface area contributed by atoms with Gasteiger partial charge < -0.3 is 14.6 Å². The summed E-state index contributed by atoms with van der Waals surface area (Å²) in [7, 11) is 1.34. The predicted molar refractivity (Wildman–Crippen MR) is 64.8 cm³/mol. The van der Waals surface area contributed by atoms with Gasteiger partial charge in [0.1, 0.15) is 5.60 Å². The van der Waals surface area contributed by atoms with Gasteiger partial charge in [0.25, 0.3) is 5.78 Å². The number of rotatable bonds is 3. The van der Waals surface area contributed by atoms with E-state index < -0.39 is 17.4 Å². The second-order valence-corrected chi connectivity index (χ2v) is 4.36. The molecule has 1 rings (SSSR count). The summed E-state index contributed by atoms with van der Waals surface area (Å²) in [5.74, 6) is -1.91. The topological polar surface area (TPSA) is 72.8 Å². The number of Topliss-reactive ketones (excluding diaryl/α,β-unsaturated/α-hetero) is 1. The van der Waals surface area contributed by atoms with E-state index in [1.165, 1.54) is 25.3 Å². The average molecular weight is 253 g/mol. The molecule has 1 aromatic rings. The number of ether oxygens (including phenoxy) is 2. The van der Waals surface area contributed by atoms with Gasteiger partial charge in [-0.1, -0.05) is 0 Å². The molecule has 0 spiro atoms. The summed E-state index contributed by atoms with van der Waals surface area (Å²) in [5, 5.41) is 9.40. The van der Waals surface area contributed by atoms with Gasteiger partial charge in [-0.3, -0.25) is 4.79 Å². The number of hydrogen-bond acceptors (Lipinski definition) is 5. The highest BCUT2D eigenvalue weighted by atomic mass is 16.6. The van der Waals surface area contributed by atoms with Crippen LogP contribution in [-0.4, -0.2) is 29.6 Å². The molecule has 1 N–H and O–H groups in total. The highest BCUT2D eigenvalue weighted by Gasteiger charge is 2.24. The van der Waals surface area contributed by atoms with E-state index in [9.17, 15) is 14.7 Å². The number of methoxy groups -OCH3 is 1. The Balaban J connectivity index is 2.92. The molecular formula is C13H16O5. The summed E-state index contributed by atoms with van der Waals surface area (Å²) in [6, 6.07) is 3.82. The third-order valence-electron chi connectivity index (χ3n) is 2.00. The molecule has 0 aromatic heterocycles. The third kappa shape index (κ3) is 3.48. The monoisotopic (exact) mass is 253 g/mol. The van der Waals surface area contributed by atoms with Gasteiger partial charge in [0.2, 0.25) is 0 Å². The molecule has 0 unspecified atom stereocenters. The maximum Gasteiger partial charge on any atom is 0.380 e. The van der Waals surface area contributed by atoms with Crippen LogP contribution in [0.3, 0.4) is 0 Å². The Bertz CT molecular complexity index is 496. The van der Waals surface area contributed by atoms with Crippen molar-refractivity contribution in [3.05, 3.63) is 23.8 Å². The second kappa shape index (κ2) is 5.08. The molecule has 0 fully saturated rings. The first-order valence-corrected chi connectivity index (χ1v) is 5.24. The van der Waals surface area contributed by atoms with Gasteiger partial charge in [-0.15, -0.1) is 0 Å². The van der Waals surface area contributed by atoms with E-state index in [0.717, 1.165) is 0 Å². The van der Waals surface area contributed by atoms with Gasteiger partial charge in [-0.25, -0.2) is 4.79 Å². The average Bonchev–Trinajstić information content (AvgIpc) is 2.38. The summed E-state index contributed by atoms with van der Waals surface area (Å²) in [5.41, 5.74) is -0.964. The van der Waals surface area contributed by atoms with Crippen LogP contribution in [0.5, 0.6) is 11.5 Å². The van der Waals surface area contributed by atoms with Crippen LogP contribution in [0.15, 0.2) is 18.2 Å². The number of phenols is 1. The molecule has 98 valence electrons. The standard InChI is InChI=1S/C13H16O5/c1-13(2,3)18-12(16)11(15)8-5-6-9(14)10(7-8)17-4/h5-7,14H,1-4H3/i1D. The molecule has 0 bridgehead atoms. The highest BCUT2D eigenvalue weighted by Crippen LogP contribution is 2.26. The second-order valence-electron chi connectivity index (χ2n) is 4.36. The Morgan fingerprint density at radius 2 is 2.06 bits per heavy atom. The molecule has 0 aliphatic heterocycles. The Hall–Kier alpha value is -2.04. The zero-order valence-electron chi connectivity index (χ0n) is 11.5. The lowest BCUT2D eigenvalue weighted by atomic mass is 10.1. The molecule has 0 atom stereocenters. The molecule has 0 saturated heterocycles. The van der Waals surface area contributed by atoms with E-state index in [1.54, 1.807) is 13.8 Å². The zero-order valence-corrected chi connectivity index (χ0v) is 10.5. The van der Waals surface area contributed by atoms with E-state index >= 15 is 0 Å². The zero-order chi connectivity index (χ0) is 14.6. The molecule has 1 aromatic carbocycles. The van der Waals surface area contributed by atoms with Crippen molar-refractivity contribution in [3.8, 4) is 11.5 Å². The fraction of sp³-hybridized carbons (Fsp3) is 0.385. The van der Waals surface area contributed by atoms with Crippen molar-refractivity contribution >= 4 is 11.8 Å². The number of carbonyl (C=O) groups excluding carboxylic acids is 2. The van der Waals surface area contributed by atoms with Crippen LogP contribution in [0, 0.1) is 0 Å². The molecule has 0 radical (unpaired) electrons. The lowest BCUT2D eigenvalue weighted by Gasteiger charge is -2.18. The first-order valence-electron chi connectivity index (χ1n) is 5.95. The van der Waals surface area contributed by atoms with Gasteiger partial charge in [0.05, 0.1) is 7.11 Å². The summed E-state index contributed by atoms with van der Waals surface area (Å²) in [4.78, 5) is 23.5. The number of benzene rings is 1. The van der Waals surface area contributed by atoms with Gasteiger partial charge in [-0.05, 0) is 38.9 Å². The highest BCUT2D eigenvalue weighted by molar-refractivity contribution is 6.40. The third-order valence-corrected chi connectivity index (χ3v) is 2.00. The fourth-order valence-electron chi connectivity index (χ4n) is 1.23. The Morgan fingerprint density at radius 3 is 2.61 bits per heavy atom. The largest absolute Gasteiger partial charge is 0.504 e. The first-order chi connectivity index (χ1) is 8.80. The van der Waals surface area contributed by atoms with Crippen LogP contribution in [0.2, 0.25) is 0 Å². The summed E-state index contributed by atoms with van der Waals surface area (Å²) < 4.78 is 17.0. The fourth-order valence-corrected chi connectivity index (χ4v) is 1.23. The van der Waals surface area contributed by atoms with E-state index in [4.69, 9.17) is 10.8 Å². The maximum absolute atomic E-state index is 11.8. The molecule has 0 aliphatic rings. The lowest BCUT2D eigenvalue weighted by Crippen LogP contribution is -2.28. The first kappa shape index (κ1) is 12.4. The van der Waals surface area contributed by atoms with Crippen LogP contribution >= 0.6 is 0 Å². The van der Waals surface area contributed by atoms with Crippen LogP contribution in [0.1, 0.15) is 32.5 Å². The van der Waals surface area contributed by atoms with Crippen molar-refractivity contribution in [1.82, 2.24) is 0 Å². The normalized spacial score (nSPS) is 11.6. The molecule has 0 saturated carbocycles. The Morgan fingerprint density at radius 1 is 1.39 bits per heavy atom. The van der Waals surface area contributed by atoms with Gasteiger partial charge in [0, 0.05) is 6.93 Å². The van der Waals surface area contributed by atoms with Crippen molar-refractivity contribution in [2.75, 3.05) is 7.11 Å². The number of ketones is 1. The summed E-state index contributed by atoms with van der Waals surface area (Å²) >= 11 is 0. The van der Waals surface area contributed by atoms with Crippen molar-refractivity contribution in [1.29, 1.82) is 0 Å². The minimum atomic E-state index is -1.04. The van der Waals surface area contributed by atoms with Crippen molar-refractivity contribution in [3.63, 3.8) is 0 Å². The minimum Gasteiger partial charge on any atom is -0.504 e. The van der Waals surface area contributed by atoms with E-state index in [0.29, 0.717) is 0 Å². The molecule has 0 heterocycles. The molecular weight excluding hydrogens is 236 g/mol. The van der Waals surface area contributed by atoms with E-state index in [-0.39, 0.29) is 24.0 Å². The van der Waals surface area contributed by atoms with Gasteiger partial charge in [0.15, 0.2) is 11.5 Å². The van der Waals surface area contributed by atoms with Crippen LogP contribution in [0.25, 0.3) is 0 Å². The number of carbonyl (C=O) groups is 2. The SMILES string of the molecule is [2H]CC(C)(C)OC(=O)C(=O)c1ccc(O)c(OC)c1. The van der Waals surface area contributed by atoms with Gasteiger partial charge in [-0.2, -0.15) is 0 Å². The van der Waals surface area contributed by atoms with Crippen molar-refractivity contribution in [2.24, 2.45) is 0 Å². The molecule has 5 heteroatoms. The Kier molecular flexibility index (Phi) is 3.50. The van der Waals surface area contributed by atoms with Crippen LogP contribution in [0.4, 0.5) is 0 Å².